The number of rotatable bonds is 4. The van der Waals surface area contributed by atoms with E-state index in [-0.39, 0.29) is 0 Å². The summed E-state index contributed by atoms with van der Waals surface area (Å²) in [7, 11) is 1.59. The molecule has 94 valence electrons. The number of carbonyl (C=O) groups excluding carboxylic acids is 1. The number of carbonyl (C=O) groups is 1. The Balaban J connectivity index is 2.45. The fourth-order valence-electron chi connectivity index (χ4n) is 1.74. The van der Waals surface area contributed by atoms with Gasteiger partial charge in [-0.05, 0) is 37.6 Å². The highest BCUT2D eigenvalue weighted by molar-refractivity contribution is 5.80. The van der Waals surface area contributed by atoms with E-state index in [1.165, 1.54) is 0 Å². The van der Waals surface area contributed by atoms with Crippen molar-refractivity contribution in [3.63, 3.8) is 0 Å². The standard InChI is InChI=1S/C14H16N2O2/c1-10(2)16-8-13(7-15-16)12-4-11(9-17)5-14(6-12)18-3/h4-10H,1-3H3. The van der Waals surface area contributed by atoms with Gasteiger partial charge in [0.15, 0.2) is 0 Å². The minimum atomic E-state index is 0.315. The molecule has 1 aromatic carbocycles. The van der Waals surface area contributed by atoms with Gasteiger partial charge in [-0.25, -0.2) is 0 Å². The first kappa shape index (κ1) is 12.4. The Bertz CT molecular complexity index is 559. The minimum Gasteiger partial charge on any atom is -0.497 e. The van der Waals surface area contributed by atoms with Crippen molar-refractivity contribution in [3.8, 4) is 16.9 Å². The Morgan fingerprint density at radius 1 is 1.28 bits per heavy atom. The highest BCUT2D eigenvalue weighted by atomic mass is 16.5. The molecule has 0 radical (unpaired) electrons. The van der Waals surface area contributed by atoms with Gasteiger partial charge >= 0.3 is 0 Å². The third-order valence-electron chi connectivity index (χ3n) is 2.76. The van der Waals surface area contributed by atoms with Crippen LogP contribution in [-0.4, -0.2) is 23.2 Å². The summed E-state index contributed by atoms with van der Waals surface area (Å²) in [5.74, 6) is 0.673. The second kappa shape index (κ2) is 5.04. The minimum absolute atomic E-state index is 0.315. The Labute approximate surface area is 106 Å². The number of aromatic nitrogens is 2. The lowest BCUT2D eigenvalue weighted by molar-refractivity contribution is 0.112. The Kier molecular flexibility index (Phi) is 3.46. The molecule has 1 aromatic heterocycles. The zero-order chi connectivity index (χ0) is 13.1. The quantitative estimate of drug-likeness (QED) is 0.777. The van der Waals surface area contributed by atoms with Crippen LogP contribution in [0.5, 0.6) is 5.75 Å². The van der Waals surface area contributed by atoms with Gasteiger partial charge in [-0.1, -0.05) is 0 Å². The smallest absolute Gasteiger partial charge is 0.150 e. The summed E-state index contributed by atoms with van der Waals surface area (Å²) in [6.45, 7) is 4.14. The van der Waals surface area contributed by atoms with Crippen molar-refractivity contribution in [2.24, 2.45) is 0 Å². The van der Waals surface area contributed by atoms with Gasteiger partial charge in [-0.3, -0.25) is 9.48 Å². The first-order valence-electron chi connectivity index (χ1n) is 5.83. The highest BCUT2D eigenvalue weighted by Gasteiger charge is 2.07. The second-order valence-corrected chi connectivity index (χ2v) is 4.42. The summed E-state index contributed by atoms with van der Waals surface area (Å²) in [6.07, 6.45) is 4.58. The summed E-state index contributed by atoms with van der Waals surface area (Å²) in [5, 5.41) is 4.29. The van der Waals surface area contributed by atoms with Crippen LogP contribution in [0.4, 0.5) is 0 Å². The molecule has 0 aliphatic heterocycles. The lowest BCUT2D eigenvalue weighted by Gasteiger charge is -2.05. The molecular formula is C14H16N2O2. The summed E-state index contributed by atoms with van der Waals surface area (Å²) in [4.78, 5) is 10.9. The number of aldehydes is 1. The molecule has 0 saturated heterocycles. The molecule has 0 spiro atoms. The van der Waals surface area contributed by atoms with Crippen LogP contribution in [0, 0.1) is 0 Å². The van der Waals surface area contributed by atoms with Crippen LogP contribution >= 0.6 is 0 Å². The van der Waals surface area contributed by atoms with Gasteiger partial charge < -0.3 is 4.74 Å². The van der Waals surface area contributed by atoms with E-state index < -0.39 is 0 Å². The van der Waals surface area contributed by atoms with E-state index in [0.29, 0.717) is 17.4 Å². The lowest BCUT2D eigenvalue weighted by Crippen LogP contribution is -1.99. The molecule has 0 saturated carbocycles. The molecule has 4 nitrogen and oxygen atoms in total. The maximum absolute atomic E-state index is 10.9. The third kappa shape index (κ3) is 2.42. The van der Waals surface area contributed by atoms with Crippen LogP contribution < -0.4 is 4.74 Å². The first-order valence-corrected chi connectivity index (χ1v) is 5.83. The van der Waals surface area contributed by atoms with Crippen LogP contribution in [0.15, 0.2) is 30.6 Å². The van der Waals surface area contributed by atoms with Crippen molar-refractivity contribution in [1.29, 1.82) is 0 Å². The molecule has 0 bridgehead atoms. The molecule has 4 heteroatoms. The SMILES string of the molecule is COc1cc(C=O)cc(-c2cnn(C(C)C)c2)c1. The fraction of sp³-hybridized carbons (Fsp3) is 0.286. The average molecular weight is 244 g/mol. The highest BCUT2D eigenvalue weighted by Crippen LogP contribution is 2.25. The number of ether oxygens (including phenoxy) is 1. The van der Waals surface area contributed by atoms with E-state index in [0.717, 1.165) is 17.4 Å². The van der Waals surface area contributed by atoms with Gasteiger partial charge in [0.25, 0.3) is 0 Å². The van der Waals surface area contributed by atoms with E-state index in [1.807, 2.05) is 23.0 Å². The van der Waals surface area contributed by atoms with Crippen LogP contribution in [0.2, 0.25) is 0 Å². The third-order valence-corrected chi connectivity index (χ3v) is 2.76. The van der Waals surface area contributed by atoms with Gasteiger partial charge in [0.05, 0.1) is 13.3 Å². The summed E-state index contributed by atoms with van der Waals surface area (Å²) < 4.78 is 7.07. The van der Waals surface area contributed by atoms with Crippen molar-refractivity contribution in [1.82, 2.24) is 9.78 Å². The molecule has 0 amide bonds. The molecule has 0 atom stereocenters. The lowest BCUT2D eigenvalue weighted by atomic mass is 10.1. The predicted octanol–water partition coefficient (Wildman–Crippen LogP) is 2.95. The Morgan fingerprint density at radius 3 is 2.61 bits per heavy atom. The zero-order valence-electron chi connectivity index (χ0n) is 10.8. The maximum atomic E-state index is 10.9. The van der Waals surface area contributed by atoms with E-state index in [9.17, 15) is 4.79 Å². The van der Waals surface area contributed by atoms with Crippen LogP contribution in [-0.2, 0) is 0 Å². The molecule has 0 aliphatic carbocycles. The Hall–Kier alpha value is -2.10. The molecule has 0 fully saturated rings. The molecule has 0 unspecified atom stereocenters. The normalized spacial score (nSPS) is 10.7. The van der Waals surface area contributed by atoms with Gasteiger partial charge in [-0.15, -0.1) is 0 Å². The second-order valence-electron chi connectivity index (χ2n) is 4.42. The molecule has 1 heterocycles. The summed E-state index contributed by atoms with van der Waals surface area (Å²) in [6, 6.07) is 5.75. The number of hydrogen-bond acceptors (Lipinski definition) is 3. The van der Waals surface area contributed by atoms with Crippen molar-refractivity contribution in [2.75, 3.05) is 7.11 Å². The summed E-state index contributed by atoms with van der Waals surface area (Å²) in [5.41, 5.74) is 2.51. The van der Waals surface area contributed by atoms with Gasteiger partial charge in [0.1, 0.15) is 12.0 Å². The van der Waals surface area contributed by atoms with Gasteiger partial charge in [0, 0.05) is 23.4 Å². The number of nitrogens with zero attached hydrogens (tertiary/aromatic N) is 2. The van der Waals surface area contributed by atoms with Crippen molar-refractivity contribution < 1.29 is 9.53 Å². The zero-order valence-corrected chi connectivity index (χ0v) is 10.8. The molecule has 18 heavy (non-hydrogen) atoms. The number of hydrogen-bond donors (Lipinski definition) is 0. The van der Waals surface area contributed by atoms with Crippen molar-refractivity contribution >= 4 is 6.29 Å². The average Bonchev–Trinajstić information content (AvgIpc) is 2.87. The van der Waals surface area contributed by atoms with Gasteiger partial charge in [0.2, 0.25) is 0 Å². The van der Waals surface area contributed by atoms with E-state index in [4.69, 9.17) is 4.74 Å². The van der Waals surface area contributed by atoms with Crippen LogP contribution in [0.1, 0.15) is 30.2 Å². The number of benzene rings is 1. The Morgan fingerprint density at radius 2 is 2.06 bits per heavy atom. The molecule has 0 aliphatic rings. The molecule has 2 aromatic rings. The first-order chi connectivity index (χ1) is 8.63. The molecular weight excluding hydrogens is 228 g/mol. The fourth-order valence-corrected chi connectivity index (χ4v) is 1.74. The maximum Gasteiger partial charge on any atom is 0.150 e. The number of methoxy groups -OCH3 is 1. The largest absolute Gasteiger partial charge is 0.497 e. The predicted molar refractivity (Wildman–Crippen MR) is 70.0 cm³/mol. The van der Waals surface area contributed by atoms with Gasteiger partial charge in [-0.2, -0.15) is 5.10 Å². The van der Waals surface area contributed by atoms with Crippen LogP contribution in [0.3, 0.4) is 0 Å². The monoisotopic (exact) mass is 244 g/mol. The van der Waals surface area contributed by atoms with Crippen molar-refractivity contribution in [3.05, 3.63) is 36.2 Å². The summed E-state index contributed by atoms with van der Waals surface area (Å²) >= 11 is 0. The molecule has 2 rings (SSSR count). The van der Waals surface area contributed by atoms with E-state index in [2.05, 4.69) is 18.9 Å². The van der Waals surface area contributed by atoms with Crippen LogP contribution in [0.25, 0.3) is 11.1 Å². The van der Waals surface area contributed by atoms with E-state index >= 15 is 0 Å². The topological polar surface area (TPSA) is 44.1 Å². The van der Waals surface area contributed by atoms with Crippen molar-refractivity contribution in [2.45, 2.75) is 19.9 Å². The molecule has 0 N–H and O–H groups in total. The van der Waals surface area contributed by atoms with E-state index in [1.54, 1.807) is 19.4 Å².